The maximum absolute atomic E-state index is 12.1. The molecule has 1 aromatic rings. The van der Waals surface area contributed by atoms with Gasteiger partial charge < -0.3 is 10.6 Å². The van der Waals surface area contributed by atoms with E-state index in [2.05, 4.69) is 12.0 Å². The van der Waals surface area contributed by atoms with Crippen molar-refractivity contribution in [3.8, 4) is 0 Å². The Morgan fingerprint density at radius 1 is 1.47 bits per heavy atom. The summed E-state index contributed by atoms with van der Waals surface area (Å²) in [6.07, 6.45) is 7.37. The van der Waals surface area contributed by atoms with Gasteiger partial charge in [0.15, 0.2) is 0 Å². The summed E-state index contributed by atoms with van der Waals surface area (Å²) >= 11 is 0. The Morgan fingerprint density at radius 2 is 2.32 bits per heavy atom. The second-order valence-corrected chi connectivity index (χ2v) is 5.38. The SMILES string of the molecule is CCC[C@@H]1CN(C(=O)CCCn2cccn2)C[C@H]1N. The molecule has 19 heavy (non-hydrogen) atoms. The van der Waals surface area contributed by atoms with Crippen LogP contribution in [0.15, 0.2) is 18.5 Å². The van der Waals surface area contributed by atoms with Gasteiger partial charge in [0.2, 0.25) is 5.91 Å². The van der Waals surface area contributed by atoms with Crippen LogP contribution in [-0.4, -0.2) is 39.7 Å². The number of hydrogen-bond acceptors (Lipinski definition) is 3. The molecule has 1 fully saturated rings. The number of nitrogens with zero attached hydrogens (tertiary/aromatic N) is 3. The Kier molecular flexibility index (Phi) is 4.96. The lowest BCUT2D eigenvalue weighted by atomic mass is 9.99. The van der Waals surface area contributed by atoms with E-state index in [-0.39, 0.29) is 11.9 Å². The summed E-state index contributed by atoms with van der Waals surface area (Å²) in [7, 11) is 0. The van der Waals surface area contributed by atoms with E-state index >= 15 is 0 Å². The maximum Gasteiger partial charge on any atom is 0.222 e. The van der Waals surface area contributed by atoms with Gasteiger partial charge in [-0.25, -0.2) is 0 Å². The van der Waals surface area contributed by atoms with Crippen LogP contribution in [0.4, 0.5) is 0 Å². The molecule has 5 nitrogen and oxygen atoms in total. The highest BCUT2D eigenvalue weighted by molar-refractivity contribution is 5.76. The Hall–Kier alpha value is -1.36. The Bertz CT molecular complexity index is 390. The van der Waals surface area contributed by atoms with Crippen LogP contribution in [-0.2, 0) is 11.3 Å². The van der Waals surface area contributed by atoms with Crippen molar-refractivity contribution in [3.63, 3.8) is 0 Å². The van der Waals surface area contributed by atoms with Crippen molar-refractivity contribution in [1.29, 1.82) is 0 Å². The van der Waals surface area contributed by atoms with Gasteiger partial charge in [-0.2, -0.15) is 5.10 Å². The molecule has 0 saturated carbocycles. The number of amides is 1. The molecule has 1 aromatic heterocycles. The highest BCUT2D eigenvalue weighted by atomic mass is 16.2. The van der Waals surface area contributed by atoms with Gasteiger partial charge in [0.05, 0.1) is 0 Å². The third-order valence-electron chi connectivity index (χ3n) is 3.84. The second-order valence-electron chi connectivity index (χ2n) is 5.38. The first-order chi connectivity index (χ1) is 9.20. The lowest BCUT2D eigenvalue weighted by Crippen LogP contribution is -2.32. The lowest BCUT2D eigenvalue weighted by Gasteiger charge is -2.16. The van der Waals surface area contributed by atoms with Crippen LogP contribution in [0.5, 0.6) is 0 Å². The van der Waals surface area contributed by atoms with Crippen molar-refractivity contribution < 1.29 is 4.79 Å². The first-order valence-electron chi connectivity index (χ1n) is 7.21. The van der Waals surface area contributed by atoms with E-state index in [0.717, 1.165) is 38.9 Å². The normalized spacial score (nSPS) is 22.9. The predicted molar refractivity (Wildman–Crippen MR) is 74.4 cm³/mol. The molecular formula is C14H24N4O. The van der Waals surface area contributed by atoms with E-state index in [9.17, 15) is 4.79 Å². The number of carbonyl (C=O) groups excluding carboxylic acids is 1. The molecule has 2 heterocycles. The molecule has 0 spiro atoms. The minimum Gasteiger partial charge on any atom is -0.341 e. The van der Waals surface area contributed by atoms with E-state index in [1.54, 1.807) is 6.20 Å². The molecule has 0 unspecified atom stereocenters. The molecule has 2 N–H and O–H groups in total. The number of carbonyl (C=O) groups is 1. The van der Waals surface area contributed by atoms with E-state index < -0.39 is 0 Å². The second kappa shape index (κ2) is 6.70. The van der Waals surface area contributed by atoms with Gasteiger partial charge in [-0.1, -0.05) is 13.3 Å². The van der Waals surface area contributed by atoms with Crippen molar-refractivity contribution in [2.24, 2.45) is 11.7 Å². The highest BCUT2D eigenvalue weighted by Crippen LogP contribution is 2.21. The molecule has 1 aliphatic rings. The van der Waals surface area contributed by atoms with Gasteiger partial charge in [-0.05, 0) is 24.8 Å². The zero-order chi connectivity index (χ0) is 13.7. The summed E-state index contributed by atoms with van der Waals surface area (Å²) < 4.78 is 1.86. The molecule has 2 rings (SSSR count). The number of aromatic nitrogens is 2. The highest BCUT2D eigenvalue weighted by Gasteiger charge is 2.31. The quantitative estimate of drug-likeness (QED) is 0.841. The molecule has 5 heteroatoms. The number of likely N-dealkylation sites (tertiary alicyclic amines) is 1. The van der Waals surface area contributed by atoms with Crippen molar-refractivity contribution >= 4 is 5.91 Å². The third kappa shape index (κ3) is 3.80. The summed E-state index contributed by atoms with van der Waals surface area (Å²) in [5.41, 5.74) is 6.09. The van der Waals surface area contributed by atoms with Crippen molar-refractivity contribution in [2.45, 2.75) is 45.2 Å². The first kappa shape index (κ1) is 14.1. The molecule has 1 aliphatic heterocycles. The van der Waals surface area contributed by atoms with E-state index in [4.69, 9.17) is 5.73 Å². The van der Waals surface area contributed by atoms with Gasteiger partial charge in [0, 0.05) is 44.5 Å². The smallest absolute Gasteiger partial charge is 0.222 e. The van der Waals surface area contributed by atoms with E-state index in [1.807, 2.05) is 21.8 Å². The fraction of sp³-hybridized carbons (Fsp3) is 0.714. The average Bonchev–Trinajstić information content (AvgIpc) is 3.01. The molecule has 106 valence electrons. The topological polar surface area (TPSA) is 64.2 Å². The molecule has 0 aliphatic carbocycles. The number of aryl methyl sites for hydroxylation is 1. The lowest BCUT2D eigenvalue weighted by molar-refractivity contribution is -0.130. The van der Waals surface area contributed by atoms with Crippen LogP contribution in [0.3, 0.4) is 0 Å². The summed E-state index contributed by atoms with van der Waals surface area (Å²) in [6.45, 7) is 4.54. The molecule has 1 amide bonds. The fourth-order valence-electron chi connectivity index (χ4n) is 2.76. The van der Waals surface area contributed by atoms with Crippen LogP contribution in [0.2, 0.25) is 0 Å². The van der Waals surface area contributed by atoms with E-state index in [0.29, 0.717) is 12.3 Å². The van der Waals surface area contributed by atoms with Gasteiger partial charge >= 0.3 is 0 Å². The summed E-state index contributed by atoms with van der Waals surface area (Å²) in [5.74, 6) is 0.723. The van der Waals surface area contributed by atoms with Gasteiger partial charge in [0.25, 0.3) is 0 Å². The van der Waals surface area contributed by atoms with Crippen LogP contribution in [0.1, 0.15) is 32.6 Å². The minimum absolute atomic E-state index is 0.162. The zero-order valence-corrected chi connectivity index (χ0v) is 11.7. The van der Waals surface area contributed by atoms with Crippen LogP contribution in [0.25, 0.3) is 0 Å². The predicted octanol–water partition coefficient (Wildman–Crippen LogP) is 1.25. The summed E-state index contributed by atoms with van der Waals surface area (Å²) in [6, 6.07) is 2.06. The molecule has 1 saturated heterocycles. The minimum atomic E-state index is 0.162. The molecular weight excluding hydrogens is 240 g/mol. The number of hydrogen-bond donors (Lipinski definition) is 1. The average molecular weight is 264 g/mol. The third-order valence-corrected chi connectivity index (χ3v) is 3.84. The van der Waals surface area contributed by atoms with Crippen molar-refractivity contribution in [1.82, 2.24) is 14.7 Å². The fourth-order valence-corrected chi connectivity index (χ4v) is 2.76. The summed E-state index contributed by atoms with van der Waals surface area (Å²) in [5, 5.41) is 4.13. The Balaban J connectivity index is 1.72. The largest absolute Gasteiger partial charge is 0.341 e. The zero-order valence-electron chi connectivity index (χ0n) is 11.7. The standard InChI is InChI=1S/C14H24N4O/c1-2-5-12-10-17(11-13(12)15)14(19)6-3-8-18-9-4-7-16-18/h4,7,9,12-13H,2-3,5-6,8,10-11,15H2,1H3/t12-,13-/m1/s1. The molecule has 0 aromatic carbocycles. The van der Waals surface area contributed by atoms with Gasteiger partial charge in [-0.3, -0.25) is 9.48 Å². The molecule has 0 bridgehead atoms. The Labute approximate surface area is 114 Å². The van der Waals surface area contributed by atoms with Crippen molar-refractivity contribution in [2.75, 3.05) is 13.1 Å². The molecule has 0 radical (unpaired) electrons. The number of nitrogens with two attached hydrogens (primary N) is 1. The van der Waals surface area contributed by atoms with Gasteiger partial charge in [-0.15, -0.1) is 0 Å². The number of rotatable bonds is 6. The van der Waals surface area contributed by atoms with Crippen LogP contribution in [0, 0.1) is 5.92 Å². The first-order valence-corrected chi connectivity index (χ1v) is 7.21. The maximum atomic E-state index is 12.1. The van der Waals surface area contributed by atoms with Crippen LogP contribution >= 0.6 is 0 Å². The van der Waals surface area contributed by atoms with Crippen molar-refractivity contribution in [3.05, 3.63) is 18.5 Å². The van der Waals surface area contributed by atoms with Gasteiger partial charge in [0.1, 0.15) is 0 Å². The Morgan fingerprint density at radius 3 is 3.00 bits per heavy atom. The van der Waals surface area contributed by atoms with E-state index in [1.165, 1.54) is 0 Å². The molecule has 2 atom stereocenters. The summed E-state index contributed by atoms with van der Waals surface area (Å²) in [4.78, 5) is 14.0. The monoisotopic (exact) mass is 264 g/mol. The van der Waals surface area contributed by atoms with Crippen LogP contribution < -0.4 is 5.73 Å².